The van der Waals surface area contributed by atoms with Gasteiger partial charge < -0.3 is 30.6 Å². The lowest BCUT2D eigenvalue weighted by Gasteiger charge is -2.28. The van der Waals surface area contributed by atoms with Crippen molar-refractivity contribution in [1.29, 1.82) is 0 Å². The van der Waals surface area contributed by atoms with E-state index in [0.717, 1.165) is 0 Å². The highest BCUT2D eigenvalue weighted by molar-refractivity contribution is 6.10. The van der Waals surface area contributed by atoms with Crippen molar-refractivity contribution in [1.82, 2.24) is 0 Å². The first-order valence-electron chi connectivity index (χ1n) is 5.80. The van der Waals surface area contributed by atoms with Crippen molar-refractivity contribution < 1.29 is 59.4 Å². The molecule has 4 atom stereocenters. The first kappa shape index (κ1) is 17.9. The molecule has 1 rings (SSSR count). The fourth-order valence-electron chi connectivity index (χ4n) is 3.09. The van der Waals surface area contributed by atoms with Gasteiger partial charge in [-0.2, -0.15) is 0 Å². The Kier molecular flexibility index (Phi) is 4.31. The predicted molar refractivity (Wildman–Crippen MR) is 62.2 cm³/mol. The van der Waals surface area contributed by atoms with E-state index in [4.69, 9.17) is 20.4 Å². The van der Waals surface area contributed by atoms with Crippen molar-refractivity contribution >= 4 is 35.8 Å². The smallest absolute Gasteiger partial charge is 0.322 e. The maximum absolute atomic E-state index is 11.4. The highest BCUT2D eigenvalue weighted by Gasteiger charge is 2.77. The zero-order valence-corrected chi connectivity index (χ0v) is 10.9. The first-order chi connectivity index (χ1) is 10.4. The number of rotatable bonds is 6. The van der Waals surface area contributed by atoms with Crippen molar-refractivity contribution in [2.24, 2.45) is 29.1 Å². The van der Waals surface area contributed by atoms with E-state index in [0.29, 0.717) is 0 Å². The SMILES string of the molecule is O=C(O)C1C(C(=O)O)C(C(=O)O)C(C(=O)O)(C(=O)O)C1C(=O)O. The summed E-state index contributed by atoms with van der Waals surface area (Å²) >= 11 is 0. The molecule has 1 aliphatic carbocycles. The van der Waals surface area contributed by atoms with Gasteiger partial charge in [-0.25, -0.2) is 0 Å². The molecular weight excluding hydrogens is 324 g/mol. The molecule has 0 amide bonds. The molecule has 0 bridgehead atoms. The molecule has 0 heterocycles. The number of carbonyl (C=O) groups is 6. The van der Waals surface area contributed by atoms with Crippen molar-refractivity contribution in [3.8, 4) is 0 Å². The van der Waals surface area contributed by atoms with Crippen LogP contribution in [0, 0.1) is 29.1 Å². The van der Waals surface area contributed by atoms with Crippen LogP contribution < -0.4 is 0 Å². The van der Waals surface area contributed by atoms with E-state index in [9.17, 15) is 39.0 Å². The van der Waals surface area contributed by atoms with E-state index >= 15 is 0 Å². The van der Waals surface area contributed by atoms with Crippen LogP contribution in [0.2, 0.25) is 0 Å². The lowest BCUT2D eigenvalue weighted by Crippen LogP contribution is -2.53. The molecule has 1 fully saturated rings. The molecule has 1 aliphatic rings. The summed E-state index contributed by atoms with van der Waals surface area (Å²) in [5.74, 6) is -24.3. The normalized spacial score (nSPS) is 28.7. The van der Waals surface area contributed by atoms with E-state index in [-0.39, 0.29) is 0 Å². The van der Waals surface area contributed by atoms with Crippen LogP contribution in [-0.4, -0.2) is 66.5 Å². The van der Waals surface area contributed by atoms with Crippen molar-refractivity contribution in [2.75, 3.05) is 0 Å². The van der Waals surface area contributed by atoms with Gasteiger partial charge in [0.2, 0.25) is 0 Å². The van der Waals surface area contributed by atoms with Gasteiger partial charge >= 0.3 is 35.8 Å². The van der Waals surface area contributed by atoms with Gasteiger partial charge in [0.1, 0.15) is 0 Å². The summed E-state index contributed by atoms with van der Waals surface area (Å²) in [5, 5.41) is 54.6. The van der Waals surface area contributed by atoms with Gasteiger partial charge in [-0.15, -0.1) is 0 Å². The van der Waals surface area contributed by atoms with Crippen molar-refractivity contribution in [3.63, 3.8) is 0 Å². The van der Waals surface area contributed by atoms with Crippen LogP contribution in [-0.2, 0) is 28.8 Å². The molecule has 126 valence electrons. The minimum absolute atomic E-state index is 2.12. The quantitative estimate of drug-likeness (QED) is 0.289. The maximum Gasteiger partial charge on any atom is 0.322 e. The Morgan fingerprint density at radius 1 is 0.522 bits per heavy atom. The Labute approximate surface area is 125 Å². The third kappa shape index (κ3) is 2.23. The Morgan fingerprint density at radius 3 is 0.913 bits per heavy atom. The molecule has 0 aromatic carbocycles. The fourth-order valence-corrected chi connectivity index (χ4v) is 3.09. The van der Waals surface area contributed by atoms with Gasteiger partial charge in [-0.3, -0.25) is 28.8 Å². The second-order valence-electron chi connectivity index (χ2n) is 4.84. The Bertz CT molecular complexity index is 564. The van der Waals surface area contributed by atoms with Crippen LogP contribution in [0.4, 0.5) is 0 Å². The molecule has 23 heavy (non-hydrogen) atoms. The van der Waals surface area contributed by atoms with E-state index in [2.05, 4.69) is 0 Å². The van der Waals surface area contributed by atoms with Gasteiger partial charge in [0.15, 0.2) is 5.41 Å². The molecule has 0 aromatic rings. The summed E-state index contributed by atoms with van der Waals surface area (Å²) in [6.45, 7) is 0. The predicted octanol–water partition coefficient (Wildman–Crippen LogP) is -2.04. The molecule has 12 nitrogen and oxygen atoms in total. The number of carboxylic acids is 6. The largest absolute Gasteiger partial charge is 0.481 e. The summed E-state index contributed by atoms with van der Waals surface area (Å²) < 4.78 is 0. The van der Waals surface area contributed by atoms with E-state index in [1.165, 1.54) is 0 Å². The molecule has 6 N–H and O–H groups in total. The fraction of sp³-hybridized carbons (Fsp3) is 0.455. The Hall–Kier alpha value is -3.18. The molecule has 0 saturated heterocycles. The first-order valence-corrected chi connectivity index (χ1v) is 5.80. The highest BCUT2D eigenvalue weighted by atomic mass is 16.4. The second kappa shape index (κ2) is 5.55. The minimum Gasteiger partial charge on any atom is -0.481 e. The molecule has 12 heteroatoms. The number of hydrogen-bond donors (Lipinski definition) is 6. The molecule has 0 radical (unpaired) electrons. The van der Waals surface area contributed by atoms with Gasteiger partial charge in [0, 0.05) is 0 Å². The number of aliphatic carboxylic acids is 6. The third-order valence-corrected chi connectivity index (χ3v) is 3.90. The van der Waals surface area contributed by atoms with Gasteiger partial charge in [-0.05, 0) is 0 Å². The average molecular weight is 334 g/mol. The zero-order chi connectivity index (χ0) is 18.3. The van der Waals surface area contributed by atoms with Crippen LogP contribution in [0.5, 0.6) is 0 Å². The summed E-state index contributed by atoms with van der Waals surface area (Å²) in [7, 11) is 0. The molecule has 1 saturated carbocycles. The average Bonchev–Trinajstić information content (AvgIpc) is 2.71. The summed E-state index contributed by atoms with van der Waals surface area (Å²) in [4.78, 5) is 67.9. The zero-order valence-electron chi connectivity index (χ0n) is 10.9. The Morgan fingerprint density at radius 2 is 0.783 bits per heavy atom. The van der Waals surface area contributed by atoms with Crippen LogP contribution in [0.25, 0.3) is 0 Å². The van der Waals surface area contributed by atoms with Crippen LogP contribution in [0.15, 0.2) is 0 Å². The topological polar surface area (TPSA) is 224 Å². The summed E-state index contributed by atoms with van der Waals surface area (Å²) in [5.41, 5.74) is -3.65. The monoisotopic (exact) mass is 334 g/mol. The van der Waals surface area contributed by atoms with Gasteiger partial charge in [0.05, 0.1) is 23.7 Å². The standard InChI is InChI=1S/C11H10O12/c12-5(13)1-2(6(14)15)4(8(18)19)11(9(20)21,10(22)23)3(1)7(16)17/h1-4H,(H,12,13)(H,14,15)(H,16,17)(H,18,19)(H,20,21)(H,22,23). The van der Waals surface area contributed by atoms with E-state index in [1.54, 1.807) is 0 Å². The highest BCUT2D eigenvalue weighted by Crippen LogP contribution is 2.55. The van der Waals surface area contributed by atoms with Crippen LogP contribution in [0.1, 0.15) is 0 Å². The van der Waals surface area contributed by atoms with Crippen LogP contribution in [0.3, 0.4) is 0 Å². The number of hydrogen-bond acceptors (Lipinski definition) is 6. The summed E-state index contributed by atoms with van der Waals surface area (Å²) in [6, 6.07) is 0. The van der Waals surface area contributed by atoms with Crippen molar-refractivity contribution in [2.45, 2.75) is 0 Å². The number of carboxylic acid groups (broad SMARTS) is 6. The van der Waals surface area contributed by atoms with E-state index < -0.39 is 64.9 Å². The molecule has 0 aliphatic heterocycles. The van der Waals surface area contributed by atoms with Crippen molar-refractivity contribution in [3.05, 3.63) is 0 Å². The molecular formula is C11H10O12. The lowest BCUT2D eigenvalue weighted by molar-refractivity contribution is -0.183. The molecule has 0 aromatic heterocycles. The van der Waals surface area contributed by atoms with Crippen LogP contribution >= 0.6 is 0 Å². The lowest BCUT2D eigenvalue weighted by atomic mass is 9.70. The van der Waals surface area contributed by atoms with Gasteiger partial charge in [0.25, 0.3) is 0 Å². The third-order valence-electron chi connectivity index (χ3n) is 3.90. The molecule has 4 unspecified atom stereocenters. The second-order valence-corrected chi connectivity index (χ2v) is 4.84. The minimum atomic E-state index is -3.65. The Balaban J connectivity index is 3.93. The van der Waals surface area contributed by atoms with Gasteiger partial charge in [-0.1, -0.05) is 0 Å². The summed E-state index contributed by atoms with van der Waals surface area (Å²) in [6.07, 6.45) is 0. The van der Waals surface area contributed by atoms with E-state index in [1.807, 2.05) is 0 Å². The molecule has 0 spiro atoms. The maximum atomic E-state index is 11.4.